The Morgan fingerprint density at radius 1 is 1.56 bits per heavy atom. The van der Waals surface area contributed by atoms with Crippen molar-refractivity contribution in [2.75, 3.05) is 6.54 Å². The van der Waals surface area contributed by atoms with Gasteiger partial charge in [-0.3, -0.25) is 4.79 Å². The predicted molar refractivity (Wildman–Crippen MR) is 64.5 cm³/mol. The van der Waals surface area contributed by atoms with Crippen LogP contribution in [-0.4, -0.2) is 12.5 Å². The third kappa shape index (κ3) is 3.35. The fraction of sp³-hybridized carbons (Fsp3) is 0.250. The number of halogens is 2. The van der Waals surface area contributed by atoms with Gasteiger partial charge in [-0.2, -0.15) is 0 Å². The van der Waals surface area contributed by atoms with Gasteiger partial charge in [0.15, 0.2) is 0 Å². The van der Waals surface area contributed by atoms with E-state index in [0.717, 1.165) is 0 Å². The number of carbonyl (C=O) groups excluding carboxylic acids is 1. The van der Waals surface area contributed by atoms with Crippen LogP contribution in [-0.2, 0) is 0 Å². The van der Waals surface area contributed by atoms with E-state index in [2.05, 4.69) is 33.1 Å². The monoisotopic (exact) mass is 283 g/mol. The minimum atomic E-state index is -0.534. The molecule has 0 saturated heterocycles. The number of amides is 1. The van der Waals surface area contributed by atoms with Crippen LogP contribution in [0.4, 0.5) is 4.39 Å². The van der Waals surface area contributed by atoms with Gasteiger partial charge in [-0.1, -0.05) is 6.07 Å². The Morgan fingerprint density at radius 3 is 2.94 bits per heavy atom. The fourth-order valence-corrected chi connectivity index (χ4v) is 1.69. The van der Waals surface area contributed by atoms with Gasteiger partial charge >= 0.3 is 0 Å². The summed E-state index contributed by atoms with van der Waals surface area (Å²) >= 11 is 3.14. The number of carbonyl (C=O) groups is 1. The first-order valence-corrected chi connectivity index (χ1v) is 5.58. The maximum absolute atomic E-state index is 13.4. The standard InChI is InChI=1S/C12H11BrFNO/c1-2-3-4-8-15-12(16)11-9(13)6-5-7-10(11)14/h5-7H,4,8H2,1H3,(H,15,16). The summed E-state index contributed by atoms with van der Waals surface area (Å²) in [5.41, 5.74) is 0.0342. The van der Waals surface area contributed by atoms with E-state index < -0.39 is 11.7 Å². The zero-order valence-corrected chi connectivity index (χ0v) is 10.4. The minimum absolute atomic E-state index is 0.0342. The minimum Gasteiger partial charge on any atom is -0.351 e. The zero-order valence-electron chi connectivity index (χ0n) is 8.81. The Bertz CT molecular complexity index is 428. The fourth-order valence-electron chi connectivity index (χ4n) is 1.17. The van der Waals surface area contributed by atoms with Crippen molar-refractivity contribution in [3.63, 3.8) is 0 Å². The van der Waals surface area contributed by atoms with Crippen molar-refractivity contribution in [2.45, 2.75) is 13.3 Å². The number of hydrogen-bond acceptors (Lipinski definition) is 1. The first-order chi connectivity index (χ1) is 7.66. The molecule has 0 aliphatic rings. The first-order valence-electron chi connectivity index (χ1n) is 4.78. The summed E-state index contributed by atoms with van der Waals surface area (Å²) in [7, 11) is 0. The van der Waals surface area contributed by atoms with E-state index in [1.807, 2.05) is 0 Å². The van der Waals surface area contributed by atoms with Crippen LogP contribution in [0.25, 0.3) is 0 Å². The van der Waals surface area contributed by atoms with Crippen LogP contribution in [0.3, 0.4) is 0 Å². The molecule has 0 heterocycles. The average Bonchev–Trinajstić information content (AvgIpc) is 2.24. The van der Waals surface area contributed by atoms with Gasteiger partial charge in [0, 0.05) is 17.4 Å². The van der Waals surface area contributed by atoms with Crippen LogP contribution in [0.15, 0.2) is 22.7 Å². The third-order valence-electron chi connectivity index (χ3n) is 1.90. The number of benzene rings is 1. The smallest absolute Gasteiger partial charge is 0.255 e. The van der Waals surface area contributed by atoms with Crippen molar-refractivity contribution >= 4 is 21.8 Å². The Morgan fingerprint density at radius 2 is 2.31 bits per heavy atom. The Balaban J connectivity index is 2.68. The lowest BCUT2D eigenvalue weighted by atomic mass is 10.2. The lowest BCUT2D eigenvalue weighted by molar-refractivity contribution is 0.0949. The summed E-state index contributed by atoms with van der Waals surface area (Å²) in [6, 6.07) is 4.42. The van der Waals surface area contributed by atoms with Crippen LogP contribution < -0.4 is 5.32 Å². The lowest BCUT2D eigenvalue weighted by Crippen LogP contribution is -2.25. The zero-order chi connectivity index (χ0) is 12.0. The third-order valence-corrected chi connectivity index (χ3v) is 2.56. The van der Waals surface area contributed by atoms with Crippen LogP contribution in [0, 0.1) is 17.7 Å². The molecule has 0 aromatic heterocycles. The summed E-state index contributed by atoms with van der Waals surface area (Å²) in [4.78, 5) is 11.6. The number of nitrogens with one attached hydrogen (secondary N) is 1. The molecule has 4 heteroatoms. The molecule has 16 heavy (non-hydrogen) atoms. The molecule has 2 nitrogen and oxygen atoms in total. The van der Waals surface area contributed by atoms with Gasteiger partial charge in [0.1, 0.15) is 5.82 Å². The van der Waals surface area contributed by atoms with Crippen LogP contribution in [0.1, 0.15) is 23.7 Å². The lowest BCUT2D eigenvalue weighted by Gasteiger charge is -2.06. The maximum atomic E-state index is 13.4. The predicted octanol–water partition coefficient (Wildman–Crippen LogP) is 2.73. The van der Waals surface area contributed by atoms with Gasteiger partial charge in [0.25, 0.3) is 5.91 Å². The van der Waals surface area contributed by atoms with Gasteiger partial charge in [0.05, 0.1) is 5.56 Å². The SMILES string of the molecule is CC#CCCNC(=O)c1c(F)cccc1Br. The van der Waals surface area contributed by atoms with Gasteiger partial charge in [-0.25, -0.2) is 4.39 Å². The highest BCUT2D eigenvalue weighted by molar-refractivity contribution is 9.10. The van der Waals surface area contributed by atoms with Gasteiger partial charge in [-0.05, 0) is 35.0 Å². The molecule has 0 spiro atoms. The molecule has 0 unspecified atom stereocenters. The summed E-state index contributed by atoms with van der Waals surface area (Å²) in [5.74, 6) is 4.57. The molecule has 0 radical (unpaired) electrons. The molecule has 0 bridgehead atoms. The van der Waals surface area contributed by atoms with Crippen molar-refractivity contribution in [1.29, 1.82) is 0 Å². The maximum Gasteiger partial charge on any atom is 0.255 e. The highest BCUT2D eigenvalue weighted by Gasteiger charge is 2.14. The largest absolute Gasteiger partial charge is 0.351 e. The topological polar surface area (TPSA) is 29.1 Å². The van der Waals surface area contributed by atoms with Crippen LogP contribution >= 0.6 is 15.9 Å². The van der Waals surface area contributed by atoms with E-state index in [4.69, 9.17) is 0 Å². The van der Waals surface area contributed by atoms with Crippen molar-refractivity contribution < 1.29 is 9.18 Å². The highest BCUT2D eigenvalue weighted by Crippen LogP contribution is 2.19. The van der Waals surface area contributed by atoms with E-state index in [-0.39, 0.29) is 5.56 Å². The summed E-state index contributed by atoms with van der Waals surface area (Å²) in [6.07, 6.45) is 0.564. The summed E-state index contributed by atoms with van der Waals surface area (Å²) < 4.78 is 13.8. The molecular formula is C12H11BrFNO. The van der Waals surface area contributed by atoms with E-state index in [1.165, 1.54) is 6.07 Å². The second-order valence-electron chi connectivity index (χ2n) is 3.03. The van der Waals surface area contributed by atoms with Crippen molar-refractivity contribution in [2.24, 2.45) is 0 Å². The molecule has 0 fully saturated rings. The Labute approximate surface area is 102 Å². The second kappa shape index (κ2) is 6.29. The van der Waals surface area contributed by atoms with Gasteiger partial charge in [-0.15, -0.1) is 11.8 Å². The van der Waals surface area contributed by atoms with E-state index in [9.17, 15) is 9.18 Å². The van der Waals surface area contributed by atoms with Crippen molar-refractivity contribution in [3.05, 3.63) is 34.1 Å². The highest BCUT2D eigenvalue weighted by atomic mass is 79.9. The summed E-state index contributed by atoms with van der Waals surface area (Å²) in [6.45, 7) is 2.15. The molecule has 0 aliphatic heterocycles. The van der Waals surface area contributed by atoms with Crippen LogP contribution in [0.2, 0.25) is 0 Å². The van der Waals surface area contributed by atoms with Gasteiger partial charge in [0.2, 0.25) is 0 Å². The molecule has 0 aliphatic carbocycles. The van der Waals surface area contributed by atoms with Crippen molar-refractivity contribution in [1.82, 2.24) is 5.32 Å². The number of rotatable bonds is 3. The second-order valence-corrected chi connectivity index (χ2v) is 3.88. The molecular weight excluding hydrogens is 273 g/mol. The molecule has 1 N–H and O–H groups in total. The van der Waals surface area contributed by atoms with Crippen molar-refractivity contribution in [3.8, 4) is 11.8 Å². The quantitative estimate of drug-likeness (QED) is 0.671. The van der Waals surface area contributed by atoms with Crippen LogP contribution in [0.5, 0.6) is 0 Å². The normalized spacial score (nSPS) is 9.19. The van der Waals surface area contributed by atoms with E-state index in [0.29, 0.717) is 17.4 Å². The molecule has 1 aromatic rings. The summed E-state index contributed by atoms with van der Waals surface area (Å²) in [5, 5.41) is 2.60. The molecule has 1 aromatic carbocycles. The Hall–Kier alpha value is -1.34. The van der Waals surface area contributed by atoms with Gasteiger partial charge < -0.3 is 5.32 Å². The molecule has 0 atom stereocenters. The first kappa shape index (κ1) is 12.7. The molecule has 0 saturated carbocycles. The molecule has 1 rings (SSSR count). The molecule has 1 amide bonds. The average molecular weight is 284 g/mol. The number of hydrogen-bond donors (Lipinski definition) is 1. The van der Waals surface area contributed by atoms with E-state index >= 15 is 0 Å². The van der Waals surface area contributed by atoms with E-state index in [1.54, 1.807) is 19.1 Å². The Kier molecular flexibility index (Phi) is 5.00. The molecule has 84 valence electrons.